The van der Waals surface area contributed by atoms with Crippen molar-refractivity contribution in [3.63, 3.8) is 0 Å². The predicted molar refractivity (Wildman–Crippen MR) is 199 cm³/mol. The van der Waals surface area contributed by atoms with Crippen LogP contribution in [0.2, 0.25) is 0 Å². The molecule has 4 aromatic carbocycles. The zero-order chi connectivity index (χ0) is 35.1. The van der Waals surface area contributed by atoms with Gasteiger partial charge in [-0.1, -0.05) is 42.5 Å². The normalized spacial score (nSPS) is 18.3. The zero-order valence-corrected chi connectivity index (χ0v) is 29.3. The number of nitrogens with zero attached hydrogens (tertiary/aromatic N) is 4. The third-order valence-corrected chi connectivity index (χ3v) is 10.3. The number of halogens is 2. The molecule has 1 aromatic heterocycles. The van der Waals surface area contributed by atoms with Crippen molar-refractivity contribution < 1.29 is 28.9 Å². The van der Waals surface area contributed by atoms with Crippen LogP contribution in [0.15, 0.2) is 103 Å². The van der Waals surface area contributed by atoms with E-state index in [-0.39, 0.29) is 49.0 Å². The Morgan fingerprint density at radius 3 is 2.27 bits per heavy atom. The van der Waals surface area contributed by atoms with E-state index >= 15 is 4.39 Å². The van der Waals surface area contributed by atoms with Gasteiger partial charge in [-0.15, -0.1) is 12.4 Å². The molecule has 9 nitrogen and oxygen atoms in total. The van der Waals surface area contributed by atoms with Crippen LogP contribution >= 0.6 is 12.4 Å². The Kier molecular flexibility index (Phi) is 10.2. The van der Waals surface area contributed by atoms with Crippen molar-refractivity contribution in [1.29, 1.82) is 0 Å². The second-order valence-electron chi connectivity index (χ2n) is 13.5. The summed E-state index contributed by atoms with van der Waals surface area (Å²) in [5.74, 6) is -0.998. The van der Waals surface area contributed by atoms with E-state index < -0.39 is 11.9 Å². The second-order valence-corrected chi connectivity index (χ2v) is 13.5. The Labute approximate surface area is 307 Å². The van der Waals surface area contributed by atoms with Crippen molar-refractivity contribution in [2.24, 2.45) is 0 Å². The van der Waals surface area contributed by atoms with E-state index in [2.05, 4.69) is 17.0 Å². The number of para-hydroxylation sites is 1. The minimum atomic E-state index is -0.755. The Morgan fingerprint density at radius 2 is 1.52 bits per heavy atom. The highest BCUT2D eigenvalue weighted by atomic mass is 35.5. The molecule has 0 unspecified atom stereocenters. The summed E-state index contributed by atoms with van der Waals surface area (Å²) in [6.45, 7) is 4.21. The Hall–Kier alpha value is -5.00. The lowest BCUT2D eigenvalue weighted by Crippen LogP contribution is -2.52. The molecule has 0 spiro atoms. The van der Waals surface area contributed by atoms with Gasteiger partial charge < -0.3 is 24.4 Å². The van der Waals surface area contributed by atoms with E-state index in [1.165, 1.54) is 29.8 Å². The molecular formula is C41H40ClFN4O5. The number of ether oxygens (including phenoxy) is 1. The molecule has 2 atom stereocenters. The molecule has 1 saturated heterocycles. The molecule has 0 radical (unpaired) electrons. The molecule has 3 aliphatic heterocycles. The van der Waals surface area contributed by atoms with Gasteiger partial charge in [0, 0.05) is 73.4 Å². The van der Waals surface area contributed by atoms with Crippen LogP contribution in [0.5, 0.6) is 5.75 Å². The number of hydrogen-bond donors (Lipinski definition) is 2. The molecule has 1 fully saturated rings. The largest absolute Gasteiger partial charge is 0.508 e. The number of rotatable bonds is 7. The summed E-state index contributed by atoms with van der Waals surface area (Å²) in [7, 11) is 0. The van der Waals surface area contributed by atoms with Crippen LogP contribution in [0.3, 0.4) is 0 Å². The number of fused-ring (bicyclic) bond motifs is 2. The summed E-state index contributed by atoms with van der Waals surface area (Å²) >= 11 is 0. The number of hydrogen-bond acceptors (Lipinski definition) is 6. The first kappa shape index (κ1) is 35.4. The highest BCUT2D eigenvalue weighted by Gasteiger charge is 2.36. The molecule has 11 heteroatoms. The number of phenols is 1. The predicted octanol–water partition coefficient (Wildman–Crippen LogP) is 6.22. The first-order valence-corrected chi connectivity index (χ1v) is 17.4. The lowest BCUT2D eigenvalue weighted by Gasteiger charge is -2.40. The van der Waals surface area contributed by atoms with E-state index in [1.54, 1.807) is 29.2 Å². The maximum atomic E-state index is 15.2. The third kappa shape index (κ3) is 6.82. The van der Waals surface area contributed by atoms with E-state index in [4.69, 9.17) is 4.74 Å². The molecule has 268 valence electrons. The quantitative estimate of drug-likeness (QED) is 0.207. The van der Waals surface area contributed by atoms with Crippen LogP contribution in [0, 0.1) is 5.82 Å². The smallest absolute Gasteiger partial charge is 0.264 e. The van der Waals surface area contributed by atoms with Crippen LogP contribution in [-0.2, 0) is 30.7 Å². The highest BCUT2D eigenvalue weighted by Crippen LogP contribution is 2.38. The first-order chi connectivity index (χ1) is 24.8. The van der Waals surface area contributed by atoms with Crippen molar-refractivity contribution in [2.45, 2.75) is 38.1 Å². The summed E-state index contributed by atoms with van der Waals surface area (Å²) in [6, 6.07) is 29.6. The fourth-order valence-electron chi connectivity index (χ4n) is 7.75. The molecular weight excluding hydrogens is 683 g/mol. The highest BCUT2D eigenvalue weighted by molar-refractivity contribution is 6.12. The number of aliphatic hydroxyl groups is 1. The number of benzene rings is 4. The molecule has 0 aliphatic carbocycles. The van der Waals surface area contributed by atoms with Gasteiger partial charge in [-0.3, -0.25) is 19.4 Å². The van der Waals surface area contributed by atoms with E-state index in [0.29, 0.717) is 72.2 Å². The molecule has 8 rings (SSSR count). The maximum Gasteiger partial charge on any atom is 0.264 e. The number of carbonyl (C=O) groups is 2. The van der Waals surface area contributed by atoms with E-state index in [9.17, 15) is 19.8 Å². The van der Waals surface area contributed by atoms with E-state index in [1.807, 2.05) is 51.9 Å². The number of aromatic nitrogens is 1. The average molecular weight is 723 g/mol. The summed E-state index contributed by atoms with van der Waals surface area (Å²) in [5, 5.41) is 20.9. The third-order valence-electron chi connectivity index (χ3n) is 10.3. The average Bonchev–Trinajstić information content (AvgIpc) is 3.70. The van der Waals surface area contributed by atoms with Crippen molar-refractivity contribution in [3.05, 3.63) is 137 Å². The van der Waals surface area contributed by atoms with Crippen LogP contribution in [0.25, 0.3) is 11.3 Å². The van der Waals surface area contributed by atoms with Crippen molar-refractivity contribution >= 4 is 35.6 Å². The standard InChI is InChI=1S/C41H39FN4O5.ClH/c42-29-10-15-35(40(49)44-24-28-7-5-4-6-27(28)20-32(44)25-43-16-18-51-19-17-43)36(21-29)39-23-37(38-22-34(48)26-45(38)39)41(50)46(30-8-2-1-3-9-30)31-11-13-33(47)14-12-31;/h1-15,21,23,32,34,47-48H,16-20,22,24-26H2;1H/t32-,34+;/m0./s1. The number of aromatic hydroxyl groups is 1. The van der Waals surface area contributed by atoms with Gasteiger partial charge in [0.1, 0.15) is 11.6 Å². The summed E-state index contributed by atoms with van der Waals surface area (Å²) in [6.07, 6.45) is 0.172. The van der Waals surface area contributed by atoms with Gasteiger partial charge >= 0.3 is 0 Å². The van der Waals surface area contributed by atoms with Gasteiger partial charge in [0.25, 0.3) is 11.8 Å². The Bertz CT molecular complexity index is 2080. The molecule has 0 saturated carbocycles. The molecule has 3 aliphatic rings. The Morgan fingerprint density at radius 1 is 0.827 bits per heavy atom. The molecule has 52 heavy (non-hydrogen) atoms. The van der Waals surface area contributed by atoms with Crippen molar-refractivity contribution in [2.75, 3.05) is 37.7 Å². The zero-order valence-electron chi connectivity index (χ0n) is 28.5. The van der Waals surface area contributed by atoms with Gasteiger partial charge in [0.05, 0.1) is 30.6 Å². The number of carbonyl (C=O) groups excluding carboxylic acids is 2. The van der Waals surface area contributed by atoms with Crippen LogP contribution in [-0.4, -0.2) is 81.4 Å². The van der Waals surface area contributed by atoms with Crippen molar-refractivity contribution in [1.82, 2.24) is 14.4 Å². The number of amides is 2. The van der Waals surface area contributed by atoms with Gasteiger partial charge in [-0.25, -0.2) is 4.39 Å². The van der Waals surface area contributed by atoms with Crippen LogP contribution < -0.4 is 4.90 Å². The number of anilines is 2. The molecule has 5 aromatic rings. The lowest BCUT2D eigenvalue weighted by atomic mass is 9.92. The number of phenolic OH excluding ortho intramolecular Hbond substituents is 1. The lowest BCUT2D eigenvalue weighted by molar-refractivity contribution is 0.0193. The molecule has 2 amide bonds. The van der Waals surface area contributed by atoms with Gasteiger partial charge in [0.2, 0.25) is 0 Å². The topological polar surface area (TPSA) is 98.5 Å². The van der Waals surface area contributed by atoms with Gasteiger partial charge in [0.15, 0.2) is 0 Å². The Balaban J connectivity index is 0.00000420. The summed E-state index contributed by atoms with van der Waals surface area (Å²) in [5.41, 5.74) is 5.62. The number of morpholine rings is 1. The van der Waals surface area contributed by atoms with Crippen molar-refractivity contribution in [3.8, 4) is 17.0 Å². The first-order valence-electron chi connectivity index (χ1n) is 17.4. The van der Waals surface area contributed by atoms with E-state index in [0.717, 1.165) is 18.7 Å². The van der Waals surface area contributed by atoms with Gasteiger partial charge in [-0.05, 0) is 78.2 Å². The summed E-state index contributed by atoms with van der Waals surface area (Å²) in [4.78, 5) is 35.2. The van der Waals surface area contributed by atoms with Crippen LogP contribution in [0.4, 0.5) is 15.8 Å². The molecule has 4 heterocycles. The fraction of sp³-hybridized carbons (Fsp3) is 0.268. The van der Waals surface area contributed by atoms with Crippen LogP contribution in [0.1, 0.15) is 37.5 Å². The minimum absolute atomic E-state index is 0. The van der Waals surface area contributed by atoms with Gasteiger partial charge in [-0.2, -0.15) is 0 Å². The fourth-order valence-corrected chi connectivity index (χ4v) is 7.75. The SMILES string of the molecule is Cl.O=C(c1cc(-c2cc(F)ccc2C(=O)N2Cc3ccccc3C[C@H]2CN2CCOCC2)n2c1C[C@@H](O)C2)N(c1ccccc1)c1ccc(O)cc1. The molecule has 0 bridgehead atoms. The minimum Gasteiger partial charge on any atom is -0.508 e. The maximum absolute atomic E-state index is 15.2. The molecule has 2 N–H and O–H groups in total. The summed E-state index contributed by atoms with van der Waals surface area (Å²) < 4.78 is 22.7. The monoisotopic (exact) mass is 722 g/mol. The number of aliphatic hydroxyl groups excluding tert-OH is 1. The second kappa shape index (κ2) is 14.9.